The van der Waals surface area contributed by atoms with Crippen LogP contribution in [0.1, 0.15) is 0 Å². The van der Waals surface area contributed by atoms with E-state index in [1.165, 1.54) is 6.22 Å². The topological polar surface area (TPSA) is 3.24 Å². The standard InChI is InChI=1S/C4H11B2N/c1-5-4-6(2)7(5)3/h4H2,1-3H3. The van der Waals surface area contributed by atoms with Crippen molar-refractivity contribution in [3.05, 3.63) is 0 Å². The van der Waals surface area contributed by atoms with E-state index in [1.807, 2.05) is 0 Å². The van der Waals surface area contributed by atoms with Crippen molar-refractivity contribution in [1.29, 1.82) is 0 Å². The number of nitrogens with zero attached hydrogens (tertiary/aromatic N) is 1. The van der Waals surface area contributed by atoms with Crippen molar-refractivity contribution in [2.45, 2.75) is 19.9 Å². The Morgan fingerprint density at radius 1 is 1.29 bits per heavy atom. The molecule has 0 bridgehead atoms. The predicted molar refractivity (Wildman–Crippen MR) is 35.8 cm³/mol. The van der Waals surface area contributed by atoms with Gasteiger partial charge in [0.05, 0.1) is 0 Å². The zero-order chi connectivity index (χ0) is 5.44. The summed E-state index contributed by atoms with van der Waals surface area (Å²) in [5.41, 5.74) is 0. The van der Waals surface area contributed by atoms with Crippen LogP contribution in [0.5, 0.6) is 0 Å². The second kappa shape index (κ2) is 1.55. The van der Waals surface area contributed by atoms with E-state index in [0.717, 1.165) is 13.7 Å². The van der Waals surface area contributed by atoms with E-state index in [0.29, 0.717) is 0 Å². The maximum absolute atomic E-state index is 2.39. The first kappa shape index (κ1) is 5.23. The van der Waals surface area contributed by atoms with E-state index in [1.54, 1.807) is 0 Å². The molecule has 0 saturated carbocycles. The van der Waals surface area contributed by atoms with E-state index >= 15 is 0 Å². The molecule has 1 heterocycles. The molecule has 0 amide bonds. The zero-order valence-electron chi connectivity index (χ0n) is 5.31. The third-order valence-corrected chi connectivity index (χ3v) is 2.07. The minimum Gasteiger partial charge on any atom is -0.388 e. The van der Waals surface area contributed by atoms with Gasteiger partial charge in [0.25, 0.3) is 0 Å². The van der Waals surface area contributed by atoms with Gasteiger partial charge in [-0.3, -0.25) is 0 Å². The smallest absolute Gasteiger partial charge is 0.202 e. The van der Waals surface area contributed by atoms with Crippen molar-refractivity contribution in [1.82, 2.24) is 4.72 Å². The van der Waals surface area contributed by atoms with Gasteiger partial charge in [0, 0.05) is 0 Å². The summed E-state index contributed by atoms with van der Waals surface area (Å²) in [6, 6.07) is 0. The summed E-state index contributed by atoms with van der Waals surface area (Å²) in [5.74, 6) is 0. The Morgan fingerprint density at radius 2 is 1.71 bits per heavy atom. The lowest BCUT2D eigenvalue weighted by Gasteiger charge is -2.38. The molecule has 38 valence electrons. The van der Waals surface area contributed by atoms with E-state index < -0.39 is 0 Å². The van der Waals surface area contributed by atoms with Crippen LogP contribution >= 0.6 is 0 Å². The van der Waals surface area contributed by atoms with Crippen LogP contribution in [0.3, 0.4) is 0 Å². The summed E-state index contributed by atoms with van der Waals surface area (Å²) < 4.78 is 2.39. The van der Waals surface area contributed by atoms with Crippen LogP contribution in [0, 0.1) is 0 Å². The monoisotopic (exact) mass is 95.1 g/mol. The molecule has 0 unspecified atom stereocenters. The molecule has 0 spiro atoms. The highest BCUT2D eigenvalue weighted by Crippen LogP contribution is 2.15. The minimum atomic E-state index is 0.843. The van der Waals surface area contributed by atoms with E-state index in [4.69, 9.17) is 0 Å². The average Bonchev–Trinajstić information content (AvgIpc) is 1.68. The average molecular weight is 94.8 g/mol. The third-order valence-electron chi connectivity index (χ3n) is 2.07. The van der Waals surface area contributed by atoms with Crippen molar-refractivity contribution in [2.75, 3.05) is 7.05 Å². The Kier molecular flexibility index (Phi) is 1.16. The van der Waals surface area contributed by atoms with Gasteiger partial charge >= 0.3 is 0 Å². The van der Waals surface area contributed by atoms with Gasteiger partial charge in [-0.1, -0.05) is 19.9 Å². The van der Waals surface area contributed by atoms with Crippen molar-refractivity contribution in [3.8, 4) is 0 Å². The normalized spacial score (nSPS) is 22.7. The van der Waals surface area contributed by atoms with Crippen LogP contribution < -0.4 is 0 Å². The molecule has 1 aliphatic heterocycles. The summed E-state index contributed by atoms with van der Waals surface area (Å²) in [7, 11) is 2.18. The highest BCUT2D eigenvalue weighted by molar-refractivity contribution is 6.89. The molecule has 1 saturated heterocycles. The van der Waals surface area contributed by atoms with E-state index in [9.17, 15) is 0 Å². The molecule has 0 aromatic heterocycles. The highest BCUT2D eigenvalue weighted by atomic mass is 15.0. The second-order valence-corrected chi connectivity index (χ2v) is 2.60. The van der Waals surface area contributed by atoms with Gasteiger partial charge in [-0.15, -0.1) is 0 Å². The van der Waals surface area contributed by atoms with Gasteiger partial charge in [0.15, 0.2) is 0 Å². The summed E-state index contributed by atoms with van der Waals surface area (Å²) in [5, 5.41) is 0. The van der Waals surface area contributed by atoms with Gasteiger partial charge in [-0.2, -0.15) is 0 Å². The van der Waals surface area contributed by atoms with Crippen LogP contribution in [0.4, 0.5) is 0 Å². The molecule has 7 heavy (non-hydrogen) atoms. The van der Waals surface area contributed by atoms with E-state index in [2.05, 4.69) is 25.4 Å². The molecule has 0 aromatic carbocycles. The van der Waals surface area contributed by atoms with Crippen LogP contribution in [-0.2, 0) is 0 Å². The maximum Gasteiger partial charge on any atom is 0.202 e. The lowest BCUT2D eigenvalue weighted by atomic mass is 9.26. The SMILES string of the molecule is CB1CB(C)N1C. The van der Waals surface area contributed by atoms with Gasteiger partial charge in [-0.25, -0.2) is 0 Å². The Labute approximate surface area is 46.3 Å². The number of hydrogen-bond acceptors (Lipinski definition) is 1. The van der Waals surface area contributed by atoms with Crippen LogP contribution in [0.25, 0.3) is 0 Å². The van der Waals surface area contributed by atoms with Gasteiger partial charge in [0.1, 0.15) is 0 Å². The maximum atomic E-state index is 2.39. The summed E-state index contributed by atoms with van der Waals surface area (Å²) in [6.45, 7) is 6.21. The van der Waals surface area contributed by atoms with Crippen LogP contribution in [-0.4, -0.2) is 25.5 Å². The molecule has 1 rings (SSSR count). The highest BCUT2D eigenvalue weighted by Gasteiger charge is 2.33. The summed E-state index contributed by atoms with van der Waals surface area (Å²) in [6.07, 6.45) is 1.39. The van der Waals surface area contributed by atoms with Gasteiger partial charge in [0.2, 0.25) is 13.7 Å². The molecular weight excluding hydrogens is 83.7 g/mol. The first-order valence-electron chi connectivity index (χ1n) is 2.93. The summed E-state index contributed by atoms with van der Waals surface area (Å²) >= 11 is 0. The largest absolute Gasteiger partial charge is 0.388 e. The second-order valence-electron chi connectivity index (χ2n) is 2.60. The number of hydrogen-bond donors (Lipinski definition) is 0. The first-order chi connectivity index (χ1) is 3.22. The fraction of sp³-hybridized carbons (Fsp3) is 1.00. The molecule has 0 radical (unpaired) electrons. The molecule has 1 fully saturated rings. The third kappa shape index (κ3) is 0.697. The fourth-order valence-electron chi connectivity index (χ4n) is 1.12. The molecule has 1 aliphatic rings. The van der Waals surface area contributed by atoms with Crippen molar-refractivity contribution >= 4 is 13.7 Å². The molecule has 0 N–H and O–H groups in total. The molecule has 0 aliphatic carbocycles. The van der Waals surface area contributed by atoms with Gasteiger partial charge in [-0.05, 0) is 7.05 Å². The van der Waals surface area contributed by atoms with Crippen LogP contribution in [0.2, 0.25) is 19.9 Å². The zero-order valence-corrected chi connectivity index (χ0v) is 5.31. The molecule has 0 atom stereocenters. The Hall–Kier alpha value is 0.0899. The quantitative estimate of drug-likeness (QED) is 0.400. The van der Waals surface area contributed by atoms with Gasteiger partial charge < -0.3 is 4.72 Å². The summed E-state index contributed by atoms with van der Waals surface area (Å²) in [4.78, 5) is 0. The Balaban J connectivity index is 2.29. The number of rotatable bonds is 0. The lowest BCUT2D eigenvalue weighted by molar-refractivity contribution is 0.758. The predicted octanol–water partition coefficient (Wildman–Crippen LogP) is 0.714. The van der Waals surface area contributed by atoms with Crippen molar-refractivity contribution < 1.29 is 0 Å². The Morgan fingerprint density at radius 3 is 1.71 bits per heavy atom. The Bertz CT molecular complexity index is 68.1. The lowest BCUT2D eigenvalue weighted by Crippen LogP contribution is -2.56. The fourth-order valence-corrected chi connectivity index (χ4v) is 1.12. The molecular formula is C4H11B2N. The molecule has 1 nitrogen and oxygen atoms in total. The molecule has 0 aromatic rings. The minimum absolute atomic E-state index is 0.843. The van der Waals surface area contributed by atoms with Crippen molar-refractivity contribution in [2.24, 2.45) is 0 Å². The first-order valence-corrected chi connectivity index (χ1v) is 2.93. The van der Waals surface area contributed by atoms with Crippen LogP contribution in [0.15, 0.2) is 0 Å². The van der Waals surface area contributed by atoms with Crippen molar-refractivity contribution in [3.63, 3.8) is 0 Å². The molecule has 3 heteroatoms. The van der Waals surface area contributed by atoms with E-state index in [-0.39, 0.29) is 0 Å².